The first-order valence-electron chi connectivity index (χ1n) is 7.19. The topological polar surface area (TPSA) is 63.6 Å². The van der Waals surface area contributed by atoms with E-state index in [0.29, 0.717) is 12.0 Å². The molecule has 0 atom stereocenters. The summed E-state index contributed by atoms with van der Waals surface area (Å²) in [6.45, 7) is 1.90. The molecule has 0 unspecified atom stereocenters. The lowest BCUT2D eigenvalue weighted by Gasteiger charge is -2.22. The highest BCUT2D eigenvalue weighted by molar-refractivity contribution is 5.94. The van der Waals surface area contributed by atoms with Gasteiger partial charge in [0.2, 0.25) is 0 Å². The van der Waals surface area contributed by atoms with Gasteiger partial charge in [-0.25, -0.2) is 9.59 Å². The minimum Gasteiger partial charge on any atom is -0.478 e. The summed E-state index contributed by atoms with van der Waals surface area (Å²) in [4.78, 5) is 23.2. The fraction of sp³-hybridized carbons (Fsp3) is 0.500. The molecule has 1 fully saturated rings. The second-order valence-corrected chi connectivity index (χ2v) is 5.20. The molecule has 1 saturated carbocycles. The van der Waals surface area contributed by atoms with Crippen LogP contribution in [-0.2, 0) is 11.2 Å². The van der Waals surface area contributed by atoms with Gasteiger partial charge >= 0.3 is 11.9 Å². The number of carbonyl (C=O) groups is 2. The number of aromatic carboxylic acids is 1. The number of rotatable bonds is 4. The summed E-state index contributed by atoms with van der Waals surface area (Å²) in [5.41, 5.74) is 1.42. The molecule has 20 heavy (non-hydrogen) atoms. The summed E-state index contributed by atoms with van der Waals surface area (Å²) in [6.07, 6.45) is 5.91. The molecule has 1 aromatic carbocycles. The van der Waals surface area contributed by atoms with Crippen LogP contribution in [0.4, 0.5) is 0 Å². The Balaban J connectivity index is 2.14. The summed E-state index contributed by atoms with van der Waals surface area (Å²) in [5.74, 6) is -1.31. The molecule has 1 aromatic rings. The molecule has 0 bridgehead atoms. The summed E-state index contributed by atoms with van der Waals surface area (Å²) in [5, 5.41) is 8.98. The Morgan fingerprint density at radius 3 is 2.55 bits per heavy atom. The summed E-state index contributed by atoms with van der Waals surface area (Å²) in [7, 11) is 0. The quantitative estimate of drug-likeness (QED) is 0.856. The number of hydrogen-bond donors (Lipinski definition) is 1. The van der Waals surface area contributed by atoms with E-state index in [1.807, 2.05) is 6.92 Å². The van der Waals surface area contributed by atoms with Gasteiger partial charge in [0.05, 0.1) is 11.1 Å². The average Bonchev–Trinajstić information content (AvgIpc) is 2.47. The fourth-order valence-corrected chi connectivity index (χ4v) is 2.62. The smallest absolute Gasteiger partial charge is 0.338 e. The van der Waals surface area contributed by atoms with Crippen molar-refractivity contribution in [3.63, 3.8) is 0 Å². The molecule has 0 amide bonds. The van der Waals surface area contributed by atoms with Crippen LogP contribution >= 0.6 is 0 Å². The molecular weight excluding hydrogens is 256 g/mol. The van der Waals surface area contributed by atoms with Crippen molar-refractivity contribution < 1.29 is 19.4 Å². The SMILES string of the molecule is CCc1cc(C(=O)O)ccc1C(=O)OC1CCCCC1. The zero-order valence-electron chi connectivity index (χ0n) is 11.7. The van der Waals surface area contributed by atoms with Crippen molar-refractivity contribution in [3.05, 3.63) is 34.9 Å². The van der Waals surface area contributed by atoms with Gasteiger partial charge in [-0.1, -0.05) is 13.3 Å². The Bertz CT molecular complexity index is 501. The van der Waals surface area contributed by atoms with Gasteiger partial charge in [-0.05, 0) is 55.9 Å². The van der Waals surface area contributed by atoms with Crippen molar-refractivity contribution in [2.75, 3.05) is 0 Å². The molecule has 1 aliphatic rings. The number of esters is 1. The first-order chi connectivity index (χ1) is 9.61. The Morgan fingerprint density at radius 1 is 1.25 bits per heavy atom. The maximum absolute atomic E-state index is 12.2. The van der Waals surface area contributed by atoms with E-state index in [4.69, 9.17) is 9.84 Å². The van der Waals surface area contributed by atoms with Crippen molar-refractivity contribution >= 4 is 11.9 Å². The summed E-state index contributed by atoms with van der Waals surface area (Å²) >= 11 is 0. The van der Waals surface area contributed by atoms with Crippen molar-refractivity contribution in [2.24, 2.45) is 0 Å². The minimum atomic E-state index is -0.980. The third-order valence-corrected chi connectivity index (χ3v) is 3.78. The Kier molecular flexibility index (Phi) is 4.77. The highest BCUT2D eigenvalue weighted by Gasteiger charge is 2.20. The van der Waals surface area contributed by atoms with Gasteiger partial charge in [0.1, 0.15) is 6.10 Å². The highest BCUT2D eigenvalue weighted by atomic mass is 16.5. The Morgan fingerprint density at radius 2 is 1.95 bits per heavy atom. The molecule has 108 valence electrons. The second-order valence-electron chi connectivity index (χ2n) is 5.20. The van der Waals surface area contributed by atoms with Gasteiger partial charge in [0.25, 0.3) is 0 Å². The van der Waals surface area contributed by atoms with E-state index in [2.05, 4.69) is 0 Å². The van der Waals surface area contributed by atoms with Gasteiger partial charge < -0.3 is 9.84 Å². The summed E-state index contributed by atoms with van der Waals surface area (Å²) < 4.78 is 5.53. The standard InChI is InChI=1S/C16H20O4/c1-2-11-10-12(15(17)18)8-9-14(11)16(19)20-13-6-4-3-5-7-13/h8-10,13H,2-7H2,1H3,(H,17,18). The second kappa shape index (κ2) is 6.55. The molecule has 0 heterocycles. The van der Waals surface area contributed by atoms with E-state index in [-0.39, 0.29) is 17.6 Å². The van der Waals surface area contributed by atoms with Crippen LogP contribution in [0.15, 0.2) is 18.2 Å². The van der Waals surface area contributed by atoms with Crippen LogP contribution in [0.25, 0.3) is 0 Å². The summed E-state index contributed by atoms with van der Waals surface area (Å²) in [6, 6.07) is 4.58. The van der Waals surface area contributed by atoms with Crippen LogP contribution in [0, 0.1) is 0 Å². The van der Waals surface area contributed by atoms with Crippen molar-refractivity contribution in [1.82, 2.24) is 0 Å². The lowest BCUT2D eigenvalue weighted by molar-refractivity contribution is 0.0209. The third kappa shape index (κ3) is 3.38. The first-order valence-corrected chi connectivity index (χ1v) is 7.19. The zero-order chi connectivity index (χ0) is 14.5. The highest BCUT2D eigenvalue weighted by Crippen LogP contribution is 2.22. The number of benzene rings is 1. The number of carbonyl (C=O) groups excluding carboxylic acids is 1. The molecule has 2 rings (SSSR count). The first kappa shape index (κ1) is 14.6. The van der Waals surface area contributed by atoms with Crippen LogP contribution in [0.1, 0.15) is 65.3 Å². The fourth-order valence-electron chi connectivity index (χ4n) is 2.62. The predicted octanol–water partition coefficient (Wildman–Crippen LogP) is 3.44. The van der Waals surface area contributed by atoms with E-state index < -0.39 is 5.97 Å². The van der Waals surface area contributed by atoms with Gasteiger partial charge in [-0.15, -0.1) is 0 Å². The largest absolute Gasteiger partial charge is 0.478 e. The maximum atomic E-state index is 12.2. The number of aryl methyl sites for hydroxylation is 1. The minimum absolute atomic E-state index is 0.0140. The molecule has 0 saturated heterocycles. The van der Waals surface area contributed by atoms with Crippen molar-refractivity contribution in [2.45, 2.75) is 51.6 Å². The number of hydrogen-bond acceptors (Lipinski definition) is 3. The van der Waals surface area contributed by atoms with E-state index >= 15 is 0 Å². The molecular formula is C16H20O4. The van der Waals surface area contributed by atoms with Gasteiger partial charge in [0, 0.05) is 0 Å². The maximum Gasteiger partial charge on any atom is 0.338 e. The molecule has 0 aliphatic heterocycles. The van der Waals surface area contributed by atoms with Crippen LogP contribution in [0.3, 0.4) is 0 Å². The van der Waals surface area contributed by atoms with Gasteiger partial charge in [0.15, 0.2) is 0 Å². The molecule has 4 heteroatoms. The number of carboxylic acid groups (broad SMARTS) is 1. The van der Waals surface area contributed by atoms with Crippen LogP contribution in [0.5, 0.6) is 0 Å². The molecule has 4 nitrogen and oxygen atoms in total. The van der Waals surface area contributed by atoms with E-state index in [1.54, 1.807) is 12.1 Å². The number of ether oxygens (including phenoxy) is 1. The van der Waals surface area contributed by atoms with E-state index in [9.17, 15) is 9.59 Å². The third-order valence-electron chi connectivity index (χ3n) is 3.78. The molecule has 1 N–H and O–H groups in total. The molecule has 0 aromatic heterocycles. The monoisotopic (exact) mass is 276 g/mol. The van der Waals surface area contributed by atoms with Crippen LogP contribution < -0.4 is 0 Å². The van der Waals surface area contributed by atoms with Crippen molar-refractivity contribution in [1.29, 1.82) is 0 Å². The Hall–Kier alpha value is -1.84. The van der Waals surface area contributed by atoms with E-state index in [1.165, 1.54) is 12.5 Å². The number of carboxylic acids is 1. The molecule has 0 radical (unpaired) electrons. The van der Waals surface area contributed by atoms with Crippen molar-refractivity contribution in [3.8, 4) is 0 Å². The van der Waals surface area contributed by atoms with Crippen LogP contribution in [-0.4, -0.2) is 23.1 Å². The van der Waals surface area contributed by atoms with E-state index in [0.717, 1.165) is 31.2 Å². The molecule has 0 spiro atoms. The van der Waals surface area contributed by atoms with Gasteiger partial charge in [-0.3, -0.25) is 0 Å². The normalized spacial score (nSPS) is 15.8. The average molecular weight is 276 g/mol. The lowest BCUT2D eigenvalue weighted by Crippen LogP contribution is -2.21. The zero-order valence-corrected chi connectivity index (χ0v) is 11.7. The van der Waals surface area contributed by atoms with Gasteiger partial charge in [-0.2, -0.15) is 0 Å². The molecule has 1 aliphatic carbocycles. The Labute approximate surface area is 118 Å². The van der Waals surface area contributed by atoms with Crippen LogP contribution in [0.2, 0.25) is 0 Å². The predicted molar refractivity (Wildman–Crippen MR) is 75.1 cm³/mol. The lowest BCUT2D eigenvalue weighted by atomic mass is 9.97.